The van der Waals surface area contributed by atoms with E-state index in [1.54, 1.807) is 0 Å². The van der Waals surface area contributed by atoms with Gasteiger partial charge in [0.1, 0.15) is 0 Å². The van der Waals surface area contributed by atoms with Crippen LogP contribution < -0.4 is 5.32 Å². The van der Waals surface area contributed by atoms with Crippen molar-refractivity contribution in [3.05, 3.63) is 34.9 Å². The Bertz CT molecular complexity index is 470. The van der Waals surface area contributed by atoms with Crippen molar-refractivity contribution in [1.29, 1.82) is 0 Å². The van der Waals surface area contributed by atoms with E-state index in [1.165, 1.54) is 23.1 Å². The third kappa shape index (κ3) is 3.83. The van der Waals surface area contributed by atoms with Crippen LogP contribution in [0.5, 0.6) is 0 Å². The molecule has 1 fully saturated rings. The number of carbonyl (C=O) groups excluding carboxylic acids is 1. The minimum atomic E-state index is 0.296. The van der Waals surface area contributed by atoms with E-state index in [1.807, 2.05) is 11.9 Å². The van der Waals surface area contributed by atoms with E-state index in [4.69, 9.17) is 0 Å². The van der Waals surface area contributed by atoms with Crippen molar-refractivity contribution in [2.75, 3.05) is 20.1 Å². The predicted molar refractivity (Wildman–Crippen MR) is 82.9 cm³/mol. The Kier molecular flexibility index (Phi) is 5.18. The quantitative estimate of drug-likeness (QED) is 0.914. The molecule has 1 aromatic rings. The first kappa shape index (κ1) is 15.0. The van der Waals surface area contributed by atoms with Crippen LogP contribution in [0.3, 0.4) is 0 Å². The Morgan fingerprint density at radius 1 is 1.40 bits per heavy atom. The number of benzene rings is 1. The van der Waals surface area contributed by atoms with Gasteiger partial charge in [-0.3, -0.25) is 4.79 Å². The van der Waals surface area contributed by atoms with Gasteiger partial charge in [0.05, 0.1) is 0 Å². The van der Waals surface area contributed by atoms with Crippen molar-refractivity contribution < 1.29 is 4.79 Å². The minimum absolute atomic E-state index is 0.296. The third-order valence-corrected chi connectivity index (χ3v) is 4.29. The van der Waals surface area contributed by atoms with E-state index >= 15 is 0 Å². The number of likely N-dealkylation sites (N-methyl/N-ethyl adjacent to an activating group) is 1. The highest BCUT2D eigenvalue weighted by molar-refractivity contribution is 5.76. The molecule has 1 saturated heterocycles. The third-order valence-electron chi connectivity index (χ3n) is 4.29. The number of nitrogens with one attached hydrogen (secondary N) is 1. The summed E-state index contributed by atoms with van der Waals surface area (Å²) in [5, 5.41) is 3.28. The van der Waals surface area contributed by atoms with E-state index in [-0.39, 0.29) is 0 Å². The van der Waals surface area contributed by atoms with Crippen molar-refractivity contribution >= 4 is 5.91 Å². The average Bonchev–Trinajstić information content (AvgIpc) is 2.46. The molecule has 0 radical (unpaired) electrons. The number of nitrogens with zero attached hydrogens (tertiary/aromatic N) is 1. The normalized spacial score (nSPS) is 19.1. The van der Waals surface area contributed by atoms with Crippen molar-refractivity contribution in [2.45, 2.75) is 45.6 Å². The Labute approximate surface area is 122 Å². The number of hydrogen-bond acceptors (Lipinski definition) is 2. The molecule has 20 heavy (non-hydrogen) atoms. The van der Waals surface area contributed by atoms with E-state index in [2.05, 4.69) is 37.4 Å². The van der Waals surface area contributed by atoms with E-state index < -0.39 is 0 Å². The topological polar surface area (TPSA) is 32.3 Å². The fraction of sp³-hybridized carbons (Fsp3) is 0.588. The van der Waals surface area contributed by atoms with Gasteiger partial charge in [0.25, 0.3) is 0 Å². The molecule has 1 aromatic carbocycles. The molecule has 0 aliphatic carbocycles. The predicted octanol–water partition coefficient (Wildman–Crippen LogP) is 2.45. The monoisotopic (exact) mass is 274 g/mol. The molecule has 110 valence electrons. The Morgan fingerprint density at radius 3 is 2.90 bits per heavy atom. The molecule has 0 bridgehead atoms. The van der Waals surface area contributed by atoms with Gasteiger partial charge in [-0.05, 0) is 51.3 Å². The fourth-order valence-corrected chi connectivity index (χ4v) is 2.97. The molecule has 3 heteroatoms. The zero-order valence-corrected chi connectivity index (χ0v) is 12.9. The lowest BCUT2D eigenvalue weighted by Gasteiger charge is -2.32. The average molecular weight is 274 g/mol. The summed E-state index contributed by atoms with van der Waals surface area (Å²) >= 11 is 0. The number of likely N-dealkylation sites (tertiary alicyclic amines) is 1. The van der Waals surface area contributed by atoms with Crippen LogP contribution in [0.2, 0.25) is 0 Å². The summed E-state index contributed by atoms with van der Waals surface area (Å²) < 4.78 is 0. The van der Waals surface area contributed by atoms with Crippen molar-refractivity contribution in [2.24, 2.45) is 0 Å². The summed E-state index contributed by atoms with van der Waals surface area (Å²) in [6.45, 7) is 6.02. The van der Waals surface area contributed by atoms with Crippen LogP contribution in [0.4, 0.5) is 0 Å². The molecule has 0 saturated carbocycles. The molecule has 0 aromatic heterocycles. The zero-order chi connectivity index (χ0) is 14.5. The van der Waals surface area contributed by atoms with Crippen LogP contribution in [0.15, 0.2) is 18.2 Å². The molecule has 1 aliphatic rings. The van der Waals surface area contributed by atoms with E-state index in [9.17, 15) is 4.79 Å². The van der Waals surface area contributed by atoms with Crippen LogP contribution in [-0.4, -0.2) is 37.0 Å². The van der Waals surface area contributed by atoms with Gasteiger partial charge in [0, 0.05) is 25.6 Å². The first-order valence-corrected chi connectivity index (χ1v) is 7.61. The maximum absolute atomic E-state index is 12.3. The molecule has 0 spiro atoms. The van der Waals surface area contributed by atoms with Gasteiger partial charge < -0.3 is 10.2 Å². The van der Waals surface area contributed by atoms with Crippen LogP contribution in [-0.2, 0) is 11.2 Å². The van der Waals surface area contributed by atoms with Gasteiger partial charge >= 0.3 is 0 Å². The van der Waals surface area contributed by atoms with Crippen molar-refractivity contribution in [3.63, 3.8) is 0 Å². The summed E-state index contributed by atoms with van der Waals surface area (Å²) in [6.07, 6.45) is 3.77. The second-order valence-corrected chi connectivity index (χ2v) is 5.90. The van der Waals surface area contributed by atoms with Gasteiger partial charge in [-0.25, -0.2) is 0 Å². The summed E-state index contributed by atoms with van der Waals surface area (Å²) in [4.78, 5) is 14.3. The van der Waals surface area contributed by atoms with Gasteiger partial charge in [-0.2, -0.15) is 0 Å². The molecule has 2 rings (SSSR count). The summed E-state index contributed by atoms with van der Waals surface area (Å²) in [7, 11) is 1.98. The van der Waals surface area contributed by atoms with Crippen LogP contribution in [0.25, 0.3) is 0 Å². The number of rotatable bonds is 4. The largest absolute Gasteiger partial charge is 0.341 e. The van der Waals surface area contributed by atoms with E-state index in [0.29, 0.717) is 18.4 Å². The molecular weight excluding hydrogens is 248 g/mol. The summed E-state index contributed by atoms with van der Waals surface area (Å²) in [6, 6.07) is 6.95. The Balaban J connectivity index is 1.88. The lowest BCUT2D eigenvalue weighted by Crippen LogP contribution is -2.47. The summed E-state index contributed by atoms with van der Waals surface area (Å²) in [5.41, 5.74) is 3.88. The Hall–Kier alpha value is -1.35. The highest BCUT2D eigenvalue weighted by atomic mass is 16.2. The van der Waals surface area contributed by atoms with Gasteiger partial charge in [-0.1, -0.05) is 23.8 Å². The number of carbonyl (C=O) groups is 1. The molecule has 1 amide bonds. The lowest BCUT2D eigenvalue weighted by atomic mass is 10.0. The first-order chi connectivity index (χ1) is 9.60. The number of hydrogen-bond donors (Lipinski definition) is 1. The number of amides is 1. The van der Waals surface area contributed by atoms with E-state index in [0.717, 1.165) is 25.9 Å². The fourth-order valence-electron chi connectivity index (χ4n) is 2.97. The molecule has 1 aliphatic heterocycles. The lowest BCUT2D eigenvalue weighted by molar-refractivity contribution is -0.132. The van der Waals surface area contributed by atoms with Crippen LogP contribution in [0, 0.1) is 13.8 Å². The second kappa shape index (κ2) is 6.89. The Morgan fingerprint density at radius 2 is 2.20 bits per heavy atom. The van der Waals surface area contributed by atoms with Gasteiger partial charge in [-0.15, -0.1) is 0 Å². The van der Waals surface area contributed by atoms with Gasteiger partial charge in [0.2, 0.25) is 5.91 Å². The smallest absolute Gasteiger partial charge is 0.222 e. The SMILES string of the molecule is CNC1CCCN(C(=O)CCc2ccc(C)cc2C)C1. The number of aryl methyl sites for hydroxylation is 3. The molecule has 1 atom stereocenters. The van der Waals surface area contributed by atoms with Gasteiger partial charge in [0.15, 0.2) is 0 Å². The zero-order valence-electron chi connectivity index (χ0n) is 12.9. The van der Waals surface area contributed by atoms with Crippen LogP contribution >= 0.6 is 0 Å². The maximum Gasteiger partial charge on any atom is 0.222 e. The second-order valence-electron chi connectivity index (χ2n) is 5.90. The molecule has 1 N–H and O–H groups in total. The van der Waals surface area contributed by atoms with Crippen LogP contribution in [0.1, 0.15) is 36.0 Å². The number of piperidine rings is 1. The molecule has 3 nitrogen and oxygen atoms in total. The minimum Gasteiger partial charge on any atom is -0.341 e. The molecule has 1 heterocycles. The standard InChI is InChI=1S/C17H26N2O/c1-13-6-7-15(14(2)11-13)8-9-17(20)19-10-4-5-16(12-19)18-3/h6-7,11,16,18H,4-5,8-10,12H2,1-3H3. The summed E-state index contributed by atoms with van der Waals surface area (Å²) in [5.74, 6) is 0.296. The highest BCUT2D eigenvalue weighted by Gasteiger charge is 2.22. The molecule has 1 unspecified atom stereocenters. The highest BCUT2D eigenvalue weighted by Crippen LogP contribution is 2.15. The molecular formula is C17H26N2O. The maximum atomic E-state index is 12.3. The first-order valence-electron chi connectivity index (χ1n) is 7.61. The van der Waals surface area contributed by atoms with Crippen molar-refractivity contribution in [1.82, 2.24) is 10.2 Å². The van der Waals surface area contributed by atoms with Crippen molar-refractivity contribution in [3.8, 4) is 0 Å².